The topological polar surface area (TPSA) is 136 Å². The molecule has 0 spiro atoms. The number of aryl methyl sites for hydroxylation is 2. The molecule has 0 saturated carbocycles. The molecular formula is C19H18Cl2N8O4. The number of ether oxygens (including phenoxy) is 2. The standard InChI is InChI=1S/C19H18Cl2N8O4/c1-10-5-6-22-17(32-3)13(10)28-11(2)14(29(30)31)18(26-28)33-8-4-7-27-16-12(15(20)25-27)9-23-19(21)24-16/h5-6,9H,4,7-8H2,1-3H3. The second-order valence-electron chi connectivity index (χ2n) is 6.99. The molecule has 12 nitrogen and oxygen atoms in total. The molecular weight excluding hydrogens is 475 g/mol. The van der Waals surface area contributed by atoms with Crippen molar-refractivity contribution in [2.45, 2.75) is 26.8 Å². The van der Waals surface area contributed by atoms with Crippen molar-refractivity contribution in [1.29, 1.82) is 0 Å². The fraction of sp³-hybridized carbons (Fsp3) is 0.316. The maximum Gasteiger partial charge on any atom is 0.353 e. The third kappa shape index (κ3) is 4.26. The summed E-state index contributed by atoms with van der Waals surface area (Å²) in [5.74, 6) is 0.196. The summed E-state index contributed by atoms with van der Waals surface area (Å²) < 4.78 is 14.0. The number of hydrogen-bond donors (Lipinski definition) is 0. The van der Waals surface area contributed by atoms with Crippen molar-refractivity contribution < 1.29 is 14.4 Å². The average Bonchev–Trinajstić information content (AvgIpc) is 3.26. The van der Waals surface area contributed by atoms with Gasteiger partial charge in [0.15, 0.2) is 10.8 Å². The van der Waals surface area contributed by atoms with E-state index in [-0.39, 0.29) is 28.6 Å². The molecule has 0 aliphatic rings. The molecule has 0 atom stereocenters. The fourth-order valence-corrected chi connectivity index (χ4v) is 3.72. The molecule has 0 fully saturated rings. The number of halogens is 2. The van der Waals surface area contributed by atoms with Crippen molar-refractivity contribution in [2.75, 3.05) is 13.7 Å². The Balaban J connectivity index is 1.55. The van der Waals surface area contributed by atoms with E-state index in [4.69, 9.17) is 32.7 Å². The molecule has 4 aromatic rings. The van der Waals surface area contributed by atoms with Crippen LogP contribution in [0, 0.1) is 24.0 Å². The number of nitro groups is 1. The van der Waals surface area contributed by atoms with Gasteiger partial charge in [0.05, 0.1) is 24.0 Å². The quantitative estimate of drug-likeness (QED) is 0.156. The molecule has 0 amide bonds. The molecule has 0 saturated heterocycles. The molecule has 0 aliphatic carbocycles. The van der Waals surface area contributed by atoms with Gasteiger partial charge in [-0.15, -0.1) is 5.10 Å². The summed E-state index contributed by atoms with van der Waals surface area (Å²) in [6, 6.07) is 1.76. The van der Waals surface area contributed by atoms with E-state index in [2.05, 4.69) is 25.1 Å². The molecule has 0 N–H and O–H groups in total. The first-order valence-electron chi connectivity index (χ1n) is 9.73. The highest BCUT2D eigenvalue weighted by molar-refractivity contribution is 6.34. The lowest BCUT2D eigenvalue weighted by molar-refractivity contribution is -0.386. The normalized spacial score (nSPS) is 11.2. The van der Waals surface area contributed by atoms with E-state index in [1.807, 2.05) is 6.92 Å². The number of nitrogens with zero attached hydrogens (tertiary/aromatic N) is 8. The molecule has 14 heteroatoms. The van der Waals surface area contributed by atoms with E-state index in [0.29, 0.717) is 41.3 Å². The van der Waals surface area contributed by atoms with Crippen molar-refractivity contribution in [3.8, 4) is 17.4 Å². The van der Waals surface area contributed by atoms with Crippen LogP contribution in [0.5, 0.6) is 11.8 Å². The highest BCUT2D eigenvalue weighted by Gasteiger charge is 2.29. The molecule has 0 bridgehead atoms. The molecule has 0 radical (unpaired) electrons. The molecule has 172 valence electrons. The molecule has 4 rings (SSSR count). The van der Waals surface area contributed by atoms with Crippen LogP contribution in [-0.2, 0) is 6.54 Å². The van der Waals surface area contributed by atoms with Gasteiger partial charge in [-0.05, 0) is 37.1 Å². The summed E-state index contributed by atoms with van der Waals surface area (Å²) in [5, 5.41) is 21.2. The van der Waals surface area contributed by atoms with Crippen LogP contribution >= 0.6 is 23.2 Å². The lowest BCUT2D eigenvalue weighted by Gasteiger charge is -2.10. The van der Waals surface area contributed by atoms with Gasteiger partial charge < -0.3 is 9.47 Å². The molecule has 0 aliphatic heterocycles. The number of rotatable bonds is 8. The number of hydrogen-bond acceptors (Lipinski definition) is 9. The average molecular weight is 493 g/mol. The lowest BCUT2D eigenvalue weighted by atomic mass is 10.2. The number of fused-ring (bicyclic) bond motifs is 1. The van der Waals surface area contributed by atoms with Crippen LogP contribution in [0.2, 0.25) is 10.4 Å². The van der Waals surface area contributed by atoms with Gasteiger partial charge in [0, 0.05) is 25.4 Å². The van der Waals surface area contributed by atoms with E-state index < -0.39 is 4.92 Å². The predicted octanol–water partition coefficient (Wildman–Crippen LogP) is 3.72. The monoisotopic (exact) mass is 492 g/mol. The maximum atomic E-state index is 11.7. The Morgan fingerprint density at radius 3 is 2.70 bits per heavy atom. The second-order valence-corrected chi connectivity index (χ2v) is 7.68. The van der Waals surface area contributed by atoms with Crippen molar-refractivity contribution >= 4 is 39.9 Å². The minimum Gasteiger partial charge on any atom is -0.479 e. The first-order valence-corrected chi connectivity index (χ1v) is 10.5. The highest BCUT2D eigenvalue weighted by Crippen LogP contribution is 2.34. The van der Waals surface area contributed by atoms with Crippen LogP contribution in [0.3, 0.4) is 0 Å². The zero-order valence-electron chi connectivity index (χ0n) is 17.8. The first kappa shape index (κ1) is 22.7. The third-order valence-corrected chi connectivity index (χ3v) is 5.36. The Kier molecular flexibility index (Phi) is 6.29. The summed E-state index contributed by atoms with van der Waals surface area (Å²) in [5.41, 5.74) is 1.85. The smallest absolute Gasteiger partial charge is 0.353 e. The fourth-order valence-electron chi connectivity index (χ4n) is 3.37. The van der Waals surface area contributed by atoms with Crippen LogP contribution in [0.15, 0.2) is 18.5 Å². The summed E-state index contributed by atoms with van der Waals surface area (Å²) >= 11 is 12.0. The number of aromatic nitrogens is 7. The van der Waals surface area contributed by atoms with Gasteiger partial charge in [-0.2, -0.15) is 10.1 Å². The van der Waals surface area contributed by atoms with E-state index >= 15 is 0 Å². The Morgan fingerprint density at radius 2 is 1.97 bits per heavy atom. The van der Waals surface area contributed by atoms with E-state index in [9.17, 15) is 10.1 Å². The summed E-state index contributed by atoms with van der Waals surface area (Å²) in [6.45, 7) is 3.95. The first-order chi connectivity index (χ1) is 15.8. The molecule has 4 heterocycles. The Labute approximate surface area is 197 Å². The molecule has 0 unspecified atom stereocenters. The molecule has 4 aromatic heterocycles. The predicted molar refractivity (Wildman–Crippen MR) is 119 cm³/mol. The number of methoxy groups -OCH3 is 1. The Hall–Kier alpha value is -3.51. The van der Waals surface area contributed by atoms with Crippen LogP contribution in [0.25, 0.3) is 16.7 Å². The van der Waals surface area contributed by atoms with Gasteiger partial charge in [-0.25, -0.2) is 19.3 Å². The van der Waals surface area contributed by atoms with Crippen LogP contribution in [0.4, 0.5) is 5.69 Å². The van der Waals surface area contributed by atoms with Crippen molar-refractivity contribution in [3.63, 3.8) is 0 Å². The van der Waals surface area contributed by atoms with Gasteiger partial charge in [0.2, 0.25) is 11.2 Å². The van der Waals surface area contributed by atoms with E-state index in [0.717, 1.165) is 5.56 Å². The van der Waals surface area contributed by atoms with E-state index in [1.54, 1.807) is 23.9 Å². The summed E-state index contributed by atoms with van der Waals surface area (Å²) in [7, 11) is 1.47. The van der Waals surface area contributed by atoms with Crippen LogP contribution < -0.4 is 9.47 Å². The number of pyridine rings is 1. The maximum absolute atomic E-state index is 11.7. The van der Waals surface area contributed by atoms with E-state index in [1.165, 1.54) is 18.0 Å². The van der Waals surface area contributed by atoms with Crippen molar-refractivity contribution in [2.24, 2.45) is 0 Å². The van der Waals surface area contributed by atoms with Gasteiger partial charge in [0.1, 0.15) is 11.4 Å². The van der Waals surface area contributed by atoms with Gasteiger partial charge in [0.25, 0.3) is 0 Å². The Morgan fingerprint density at radius 1 is 1.18 bits per heavy atom. The molecule has 33 heavy (non-hydrogen) atoms. The van der Waals surface area contributed by atoms with Gasteiger partial charge in [-0.3, -0.25) is 10.1 Å². The molecule has 0 aromatic carbocycles. The summed E-state index contributed by atoms with van der Waals surface area (Å²) in [6.07, 6.45) is 3.54. The van der Waals surface area contributed by atoms with Crippen LogP contribution in [-0.4, -0.2) is 53.2 Å². The highest BCUT2D eigenvalue weighted by atomic mass is 35.5. The zero-order valence-corrected chi connectivity index (χ0v) is 19.3. The summed E-state index contributed by atoms with van der Waals surface area (Å²) in [4.78, 5) is 23.4. The van der Waals surface area contributed by atoms with Crippen molar-refractivity contribution in [1.82, 2.24) is 34.5 Å². The van der Waals surface area contributed by atoms with Gasteiger partial charge in [-0.1, -0.05) is 11.6 Å². The van der Waals surface area contributed by atoms with Crippen LogP contribution in [0.1, 0.15) is 17.7 Å². The minimum absolute atomic E-state index is 0.0781. The Bertz CT molecular complexity index is 1350. The largest absolute Gasteiger partial charge is 0.479 e. The third-order valence-electron chi connectivity index (χ3n) is 4.90. The van der Waals surface area contributed by atoms with Gasteiger partial charge >= 0.3 is 11.6 Å². The van der Waals surface area contributed by atoms with Crippen molar-refractivity contribution in [3.05, 3.63) is 50.3 Å². The zero-order chi connectivity index (χ0) is 23.7. The lowest BCUT2D eigenvalue weighted by Crippen LogP contribution is -2.08. The second kappa shape index (κ2) is 9.16. The minimum atomic E-state index is -0.522. The SMILES string of the molecule is COc1nccc(C)c1-n1nc(OCCCn2nc(Cl)c3cnc(Cl)nc32)c([N+](=O)[O-])c1C.